The predicted octanol–water partition coefficient (Wildman–Crippen LogP) is 4.88. The Morgan fingerprint density at radius 2 is 1.84 bits per heavy atom. The molecule has 0 unspecified atom stereocenters. The van der Waals surface area contributed by atoms with Crippen molar-refractivity contribution in [2.24, 2.45) is 7.05 Å². The summed E-state index contributed by atoms with van der Waals surface area (Å²) in [5, 5.41) is 15.9. The molecule has 0 bridgehead atoms. The van der Waals surface area contributed by atoms with E-state index >= 15 is 0 Å². The van der Waals surface area contributed by atoms with Crippen molar-refractivity contribution >= 4 is 17.6 Å². The summed E-state index contributed by atoms with van der Waals surface area (Å²) < 4.78 is 97.0. The Hall–Kier alpha value is -3.29. The van der Waals surface area contributed by atoms with Crippen LogP contribution >= 0.6 is 11.6 Å². The van der Waals surface area contributed by atoms with Crippen molar-refractivity contribution in [1.82, 2.24) is 19.6 Å². The van der Waals surface area contributed by atoms with Gasteiger partial charge in [-0.25, -0.2) is 14.2 Å². The number of benzene rings is 1. The topological polar surface area (TPSA) is 82.2 Å². The van der Waals surface area contributed by atoms with Gasteiger partial charge in [-0.1, -0.05) is 17.7 Å². The molecule has 3 aromatic rings. The molecule has 0 spiro atoms. The molecular weight excluding hydrogens is 477 g/mol. The maximum Gasteiger partial charge on any atom is 0.459 e. The van der Waals surface area contributed by atoms with E-state index in [1.54, 1.807) is 0 Å². The van der Waals surface area contributed by atoms with Gasteiger partial charge in [0.05, 0.1) is 16.8 Å². The number of hydrogen-bond donors (Lipinski definition) is 1. The zero-order chi connectivity index (χ0) is 24.0. The Morgan fingerprint density at radius 3 is 2.41 bits per heavy atom. The highest BCUT2D eigenvalue weighted by atomic mass is 35.5. The fourth-order valence-corrected chi connectivity index (χ4v) is 2.94. The second kappa shape index (κ2) is 8.00. The summed E-state index contributed by atoms with van der Waals surface area (Å²) in [5.74, 6) is -9.22. The first-order valence-electron chi connectivity index (χ1n) is 8.29. The molecule has 0 saturated carbocycles. The van der Waals surface area contributed by atoms with Crippen LogP contribution in [0.5, 0.6) is 5.75 Å². The van der Waals surface area contributed by atoms with Crippen molar-refractivity contribution in [3.05, 3.63) is 46.9 Å². The molecular formula is C17H10ClF7N4O3. The van der Waals surface area contributed by atoms with Gasteiger partial charge >= 0.3 is 24.7 Å². The number of aromatic nitrogens is 4. The summed E-state index contributed by atoms with van der Waals surface area (Å²) in [7, 11) is 0.926. The number of halogens is 8. The van der Waals surface area contributed by atoms with Crippen molar-refractivity contribution < 1.29 is 45.4 Å². The smallest absolute Gasteiger partial charge is 0.459 e. The molecule has 15 heteroatoms. The third-order valence-corrected chi connectivity index (χ3v) is 4.49. The van der Waals surface area contributed by atoms with E-state index in [1.807, 2.05) is 0 Å². The van der Waals surface area contributed by atoms with Gasteiger partial charge in [0.2, 0.25) is 0 Å². The van der Waals surface area contributed by atoms with Crippen molar-refractivity contribution in [2.75, 3.05) is 0 Å². The van der Waals surface area contributed by atoms with E-state index in [2.05, 4.69) is 14.9 Å². The Morgan fingerprint density at radius 1 is 1.19 bits per heavy atom. The predicted molar refractivity (Wildman–Crippen MR) is 94.3 cm³/mol. The highest BCUT2D eigenvalue weighted by Gasteiger charge is 2.62. The lowest BCUT2D eigenvalue weighted by atomic mass is 10.1. The van der Waals surface area contributed by atoms with Gasteiger partial charge in [-0.2, -0.15) is 40.9 Å². The van der Waals surface area contributed by atoms with Crippen LogP contribution in [-0.2, 0) is 13.0 Å². The fraction of sp³-hybridized carbons (Fsp3) is 0.235. The van der Waals surface area contributed by atoms with E-state index in [0.29, 0.717) is 9.36 Å². The summed E-state index contributed by atoms with van der Waals surface area (Å²) in [4.78, 5) is 11.2. The molecule has 2 aromatic heterocycles. The zero-order valence-electron chi connectivity index (χ0n) is 15.5. The minimum absolute atomic E-state index is 0.0769. The summed E-state index contributed by atoms with van der Waals surface area (Å²) >= 11 is 5.79. The molecule has 32 heavy (non-hydrogen) atoms. The highest BCUT2D eigenvalue weighted by Crippen LogP contribution is 2.48. The fourth-order valence-electron chi connectivity index (χ4n) is 2.74. The van der Waals surface area contributed by atoms with Crippen LogP contribution in [0.25, 0.3) is 16.9 Å². The Labute approximate surface area is 178 Å². The molecule has 2 heterocycles. The van der Waals surface area contributed by atoms with Gasteiger partial charge in [-0.3, -0.25) is 0 Å². The summed E-state index contributed by atoms with van der Waals surface area (Å²) in [5.41, 5.74) is -1.94. The van der Waals surface area contributed by atoms with E-state index in [-0.39, 0.29) is 21.7 Å². The number of carbonyl (C=O) groups is 1. The molecule has 0 aliphatic rings. The highest BCUT2D eigenvalue weighted by molar-refractivity contribution is 6.33. The summed E-state index contributed by atoms with van der Waals surface area (Å²) in [6.45, 7) is -3.75. The molecule has 0 aliphatic heterocycles. The summed E-state index contributed by atoms with van der Waals surface area (Å²) in [6, 6.07) is 3.81. The van der Waals surface area contributed by atoms with Crippen LogP contribution in [0, 0.1) is 0 Å². The van der Waals surface area contributed by atoms with Crippen molar-refractivity contribution in [1.29, 1.82) is 0 Å². The lowest BCUT2D eigenvalue weighted by Gasteiger charge is -2.18. The molecule has 0 fully saturated rings. The average molecular weight is 487 g/mol. The molecule has 0 saturated heterocycles. The first-order valence-corrected chi connectivity index (χ1v) is 8.67. The normalized spacial score (nSPS) is 12.4. The lowest BCUT2D eigenvalue weighted by molar-refractivity contribution is -0.291. The third-order valence-electron chi connectivity index (χ3n) is 4.16. The molecule has 0 radical (unpaired) electrons. The number of ether oxygens (including phenoxy) is 1. The van der Waals surface area contributed by atoms with E-state index in [1.165, 1.54) is 12.1 Å². The van der Waals surface area contributed by atoms with Gasteiger partial charge in [0.25, 0.3) is 0 Å². The number of nitrogens with zero attached hydrogens (tertiary/aromatic N) is 4. The Balaban J connectivity index is 2.15. The Bertz CT molecular complexity index is 1170. The SMILES string of the molecule is Cn1nc(C(F)(F)C(F)(F)F)c(OC(F)F)c1-n1cc(-c2ccc(Cl)c(C(=O)O)c2)cn1. The van der Waals surface area contributed by atoms with E-state index in [0.717, 1.165) is 25.5 Å². The standard InChI is InChI=1S/C17H10ClF7N4O3/c1-28-13(11(32-15(19)20)12(27-28)16(21,22)17(23,24)25)29-6-8(5-26-29)7-2-3-10(18)9(4-7)14(30)31/h2-6,15H,1H3,(H,30,31). The van der Waals surface area contributed by atoms with E-state index in [9.17, 15) is 35.5 Å². The lowest BCUT2D eigenvalue weighted by Crippen LogP contribution is -2.34. The van der Waals surface area contributed by atoms with Crippen molar-refractivity contribution in [3.63, 3.8) is 0 Å². The monoisotopic (exact) mass is 486 g/mol. The number of rotatable bonds is 6. The average Bonchev–Trinajstić information content (AvgIpc) is 3.25. The second-order valence-electron chi connectivity index (χ2n) is 6.25. The number of hydrogen-bond acceptors (Lipinski definition) is 4. The van der Waals surface area contributed by atoms with Gasteiger partial charge in [0.1, 0.15) is 0 Å². The van der Waals surface area contributed by atoms with Crippen LogP contribution in [0.15, 0.2) is 30.6 Å². The van der Waals surface area contributed by atoms with E-state index in [4.69, 9.17) is 16.7 Å². The Kier molecular flexibility index (Phi) is 5.84. The molecule has 172 valence electrons. The van der Waals surface area contributed by atoms with Gasteiger partial charge in [0, 0.05) is 18.8 Å². The van der Waals surface area contributed by atoms with Crippen LogP contribution in [0.1, 0.15) is 16.1 Å². The van der Waals surface area contributed by atoms with Gasteiger partial charge < -0.3 is 9.84 Å². The van der Waals surface area contributed by atoms with Crippen LogP contribution in [-0.4, -0.2) is 43.4 Å². The largest absolute Gasteiger partial charge is 0.478 e. The van der Waals surface area contributed by atoms with Crippen molar-refractivity contribution in [3.8, 4) is 22.7 Å². The van der Waals surface area contributed by atoms with Gasteiger partial charge in [-0.05, 0) is 17.7 Å². The third kappa shape index (κ3) is 4.09. The molecule has 0 amide bonds. The minimum Gasteiger partial charge on any atom is -0.478 e. The molecule has 1 N–H and O–H groups in total. The maximum absolute atomic E-state index is 13.9. The number of carboxylic acid groups (broad SMARTS) is 1. The number of alkyl halides is 7. The maximum atomic E-state index is 13.9. The molecule has 7 nitrogen and oxygen atoms in total. The summed E-state index contributed by atoms with van der Waals surface area (Å²) in [6.07, 6.45) is -3.97. The zero-order valence-corrected chi connectivity index (χ0v) is 16.3. The van der Waals surface area contributed by atoms with Crippen LogP contribution < -0.4 is 4.74 Å². The van der Waals surface area contributed by atoms with Crippen molar-refractivity contribution in [2.45, 2.75) is 18.7 Å². The second-order valence-corrected chi connectivity index (χ2v) is 6.66. The molecule has 0 atom stereocenters. The first kappa shape index (κ1) is 23.4. The quantitative estimate of drug-likeness (QED) is 0.502. The van der Waals surface area contributed by atoms with Gasteiger partial charge in [0.15, 0.2) is 17.3 Å². The number of aryl methyl sites for hydroxylation is 1. The van der Waals surface area contributed by atoms with Crippen LogP contribution in [0.3, 0.4) is 0 Å². The molecule has 3 rings (SSSR count). The van der Waals surface area contributed by atoms with Crippen LogP contribution in [0.4, 0.5) is 30.7 Å². The first-order chi connectivity index (χ1) is 14.7. The van der Waals surface area contributed by atoms with Gasteiger partial charge in [-0.15, -0.1) is 0 Å². The number of aromatic carboxylic acids is 1. The van der Waals surface area contributed by atoms with Crippen LogP contribution in [0.2, 0.25) is 5.02 Å². The number of carboxylic acids is 1. The van der Waals surface area contributed by atoms with E-state index < -0.39 is 41.9 Å². The molecule has 0 aliphatic carbocycles. The molecule has 1 aromatic carbocycles. The minimum atomic E-state index is -6.13.